The van der Waals surface area contributed by atoms with Crippen LogP contribution in [0.2, 0.25) is 0 Å². The van der Waals surface area contributed by atoms with Gasteiger partial charge in [0.05, 0.1) is 11.4 Å². The van der Waals surface area contributed by atoms with Crippen molar-refractivity contribution in [1.82, 2.24) is 24.9 Å². The molecule has 12 rings (SSSR count). The molecular weight excluding hydrogens is 687 g/mol. The number of hydrogen-bond donors (Lipinski definition) is 0. The van der Waals surface area contributed by atoms with Gasteiger partial charge in [0.25, 0.3) is 0 Å². The Bertz CT molecular complexity index is 2940. The molecule has 9 aromatic rings. The second-order valence-electron chi connectivity index (χ2n) is 15.6. The summed E-state index contributed by atoms with van der Waals surface area (Å²) < 4.78 is 6.46. The first-order valence-corrected chi connectivity index (χ1v) is 19.6. The Morgan fingerprint density at radius 1 is 0.429 bits per heavy atom. The molecule has 3 fully saturated rings. The van der Waals surface area contributed by atoms with Crippen molar-refractivity contribution in [2.24, 2.45) is 23.7 Å². The van der Waals surface area contributed by atoms with Crippen LogP contribution in [0.15, 0.2) is 162 Å². The molecule has 3 aliphatic rings. The lowest BCUT2D eigenvalue weighted by molar-refractivity contribution is -0.214. The van der Waals surface area contributed by atoms with Crippen LogP contribution in [0.1, 0.15) is 24.3 Å². The number of furan rings is 1. The van der Waals surface area contributed by atoms with Crippen LogP contribution in [0.4, 0.5) is 0 Å². The smallest absolute Gasteiger partial charge is 0.164 e. The van der Waals surface area contributed by atoms with Gasteiger partial charge in [-0.15, -0.1) is 0 Å². The standard InChI is InChI=1S/C50H35N5O/c1-3-11-29(12-4-1)41-28-42(38-19-10-18-37-36-17-7-8-20-43(36)56-46(37)38)52-49(51-41)33-15-9-16-34(25-33)50-54-47(31-13-5-2-6-14-31)53-48(55-50)32-23-21-30(22-24-32)44-39-26-35-27-40(44)45(35)39/h1-25,28,35,39-40,44-45H,26-27H2. The van der Waals surface area contributed by atoms with E-state index in [2.05, 4.69) is 84.9 Å². The Balaban J connectivity index is 0.968. The number of hydrogen-bond acceptors (Lipinski definition) is 6. The molecule has 2 atom stereocenters. The van der Waals surface area contributed by atoms with E-state index < -0.39 is 0 Å². The van der Waals surface area contributed by atoms with Gasteiger partial charge in [0, 0.05) is 44.2 Å². The maximum Gasteiger partial charge on any atom is 0.164 e. The molecule has 0 radical (unpaired) electrons. The average molecular weight is 722 g/mol. The molecule has 0 spiro atoms. The summed E-state index contributed by atoms with van der Waals surface area (Å²) in [5.74, 6) is 7.07. The fourth-order valence-corrected chi connectivity index (χ4v) is 9.91. The van der Waals surface area contributed by atoms with Crippen molar-refractivity contribution in [3.63, 3.8) is 0 Å². The lowest BCUT2D eigenvalue weighted by atomic mass is 9.31. The third kappa shape index (κ3) is 4.98. The summed E-state index contributed by atoms with van der Waals surface area (Å²) in [7, 11) is 0. The Morgan fingerprint density at radius 3 is 1.68 bits per heavy atom. The minimum Gasteiger partial charge on any atom is -0.455 e. The molecule has 0 amide bonds. The van der Waals surface area contributed by atoms with Crippen LogP contribution in [-0.4, -0.2) is 24.9 Å². The highest BCUT2D eigenvalue weighted by molar-refractivity contribution is 6.09. The second kappa shape index (κ2) is 12.4. The zero-order valence-electron chi connectivity index (χ0n) is 30.5. The van der Waals surface area contributed by atoms with Crippen molar-refractivity contribution < 1.29 is 4.42 Å². The lowest BCUT2D eigenvalue weighted by Gasteiger charge is -2.73. The zero-order chi connectivity index (χ0) is 36.7. The van der Waals surface area contributed by atoms with Crippen LogP contribution in [-0.2, 0) is 0 Å². The minimum atomic E-state index is 0.600. The van der Waals surface area contributed by atoms with E-state index in [4.69, 9.17) is 29.3 Å². The summed E-state index contributed by atoms with van der Waals surface area (Å²) in [4.78, 5) is 25.6. The lowest BCUT2D eigenvalue weighted by Crippen LogP contribution is -2.65. The van der Waals surface area contributed by atoms with Crippen molar-refractivity contribution in [3.8, 4) is 68.1 Å². The molecule has 56 heavy (non-hydrogen) atoms. The number of benzene rings is 6. The number of para-hydroxylation sites is 2. The number of fused-ring (bicyclic) bond motifs is 3. The molecule has 0 saturated heterocycles. The van der Waals surface area contributed by atoms with Gasteiger partial charge in [0.15, 0.2) is 23.3 Å². The van der Waals surface area contributed by atoms with Gasteiger partial charge < -0.3 is 4.42 Å². The highest BCUT2D eigenvalue weighted by Gasteiger charge is 2.67. The highest BCUT2D eigenvalue weighted by Crippen LogP contribution is 2.75. The zero-order valence-corrected chi connectivity index (χ0v) is 30.5. The van der Waals surface area contributed by atoms with Crippen LogP contribution in [0, 0.1) is 23.7 Å². The number of nitrogens with zero attached hydrogens (tertiary/aromatic N) is 5. The summed E-state index contributed by atoms with van der Waals surface area (Å²) in [6, 6.07) is 54.1. The van der Waals surface area contributed by atoms with Crippen molar-refractivity contribution >= 4 is 21.9 Å². The van der Waals surface area contributed by atoms with Gasteiger partial charge in [-0.1, -0.05) is 133 Å². The maximum absolute atomic E-state index is 6.46. The summed E-state index contributed by atoms with van der Waals surface area (Å²) >= 11 is 0. The van der Waals surface area contributed by atoms with Crippen LogP contribution in [0.5, 0.6) is 0 Å². The Labute approximate surface area is 324 Å². The van der Waals surface area contributed by atoms with Gasteiger partial charge in [-0.05, 0) is 72.3 Å². The van der Waals surface area contributed by atoms with E-state index in [1.807, 2.05) is 72.8 Å². The molecule has 3 heterocycles. The summed E-state index contributed by atoms with van der Waals surface area (Å²) in [6.45, 7) is 0. The Morgan fingerprint density at radius 2 is 0.982 bits per heavy atom. The molecule has 266 valence electrons. The number of aromatic nitrogens is 5. The summed E-state index contributed by atoms with van der Waals surface area (Å²) in [5, 5.41) is 2.14. The van der Waals surface area contributed by atoms with Gasteiger partial charge in [0.2, 0.25) is 0 Å². The molecule has 0 N–H and O–H groups in total. The van der Waals surface area contributed by atoms with Crippen LogP contribution < -0.4 is 0 Å². The third-order valence-corrected chi connectivity index (χ3v) is 12.7. The fraction of sp³-hybridized carbons (Fsp3) is 0.140. The first-order chi connectivity index (χ1) is 27.7. The monoisotopic (exact) mass is 721 g/mol. The van der Waals surface area contributed by atoms with E-state index >= 15 is 0 Å². The predicted octanol–water partition coefficient (Wildman–Crippen LogP) is 11.9. The first kappa shape index (κ1) is 31.5. The molecule has 6 nitrogen and oxygen atoms in total. The van der Waals surface area contributed by atoms with Gasteiger partial charge >= 0.3 is 0 Å². The molecule has 3 aliphatic carbocycles. The van der Waals surface area contributed by atoms with Gasteiger partial charge in [0.1, 0.15) is 11.2 Å². The summed E-state index contributed by atoms with van der Waals surface area (Å²) in [5.41, 5.74) is 10.3. The largest absolute Gasteiger partial charge is 0.455 e. The van der Waals surface area contributed by atoms with Gasteiger partial charge in [-0.2, -0.15) is 0 Å². The van der Waals surface area contributed by atoms with E-state index in [1.165, 1.54) is 18.4 Å². The molecule has 6 aromatic carbocycles. The molecular formula is C50H35N5O. The van der Waals surface area contributed by atoms with Gasteiger partial charge in [-0.3, -0.25) is 0 Å². The second-order valence-corrected chi connectivity index (χ2v) is 15.6. The van der Waals surface area contributed by atoms with Crippen LogP contribution in [0.3, 0.4) is 0 Å². The topological polar surface area (TPSA) is 77.6 Å². The average Bonchev–Trinajstić information content (AvgIpc) is 3.66. The number of rotatable bonds is 7. The Kier molecular flexibility index (Phi) is 6.97. The first-order valence-electron chi connectivity index (χ1n) is 19.6. The van der Waals surface area contributed by atoms with E-state index in [1.54, 1.807) is 0 Å². The maximum atomic E-state index is 6.46. The van der Waals surface area contributed by atoms with Gasteiger partial charge in [-0.25, -0.2) is 24.9 Å². The van der Waals surface area contributed by atoms with Crippen LogP contribution >= 0.6 is 0 Å². The van der Waals surface area contributed by atoms with Crippen molar-refractivity contribution in [2.45, 2.75) is 18.8 Å². The molecule has 0 aliphatic heterocycles. The van der Waals surface area contributed by atoms with Crippen molar-refractivity contribution in [2.75, 3.05) is 0 Å². The van der Waals surface area contributed by atoms with E-state index in [0.29, 0.717) is 23.3 Å². The minimum absolute atomic E-state index is 0.600. The fourth-order valence-electron chi connectivity index (χ4n) is 9.91. The quantitative estimate of drug-likeness (QED) is 0.163. The van der Waals surface area contributed by atoms with E-state index in [9.17, 15) is 0 Å². The highest BCUT2D eigenvalue weighted by atomic mass is 16.3. The third-order valence-electron chi connectivity index (χ3n) is 12.7. The molecule has 6 heteroatoms. The summed E-state index contributed by atoms with van der Waals surface area (Å²) in [6.07, 6.45) is 2.84. The molecule has 2 unspecified atom stereocenters. The molecule has 3 aromatic heterocycles. The van der Waals surface area contributed by atoms with Crippen LogP contribution in [0.25, 0.3) is 90.0 Å². The normalized spacial score (nSPS) is 20.5. The van der Waals surface area contributed by atoms with Crippen molar-refractivity contribution in [1.29, 1.82) is 0 Å². The van der Waals surface area contributed by atoms with E-state index in [-0.39, 0.29) is 0 Å². The molecule has 3 saturated carbocycles. The predicted molar refractivity (Wildman–Crippen MR) is 221 cm³/mol. The Hall–Kier alpha value is -6.79. The van der Waals surface area contributed by atoms with Crippen molar-refractivity contribution in [3.05, 3.63) is 163 Å². The van der Waals surface area contributed by atoms with E-state index in [0.717, 1.165) is 96.3 Å². The molecule has 0 bridgehead atoms. The SMILES string of the molecule is c1ccc(-c2cc(-c3cccc4c3oc3ccccc34)nc(-c3cccc(-c4nc(-c5ccccc5)nc(-c5ccc(C6C7CC8CC6C87)cc5)n4)c3)n2)cc1.